The highest BCUT2D eigenvalue weighted by Gasteiger charge is 2.58. The number of hydrogen-bond donors (Lipinski definition) is 1. The molecule has 0 bridgehead atoms. The van der Waals surface area contributed by atoms with E-state index in [2.05, 4.69) is 5.32 Å². The lowest BCUT2D eigenvalue weighted by Crippen LogP contribution is -2.46. The van der Waals surface area contributed by atoms with Gasteiger partial charge in [-0.05, 0) is 87.1 Å². The van der Waals surface area contributed by atoms with Gasteiger partial charge in [-0.3, -0.25) is 0 Å². The average Bonchev–Trinajstić information content (AvgIpc) is 2.85. The maximum Gasteiger partial charge on any atom is -0.00434 e. The average molecular weight is 233 g/mol. The Morgan fingerprint density at radius 1 is 0.882 bits per heavy atom. The molecule has 3 saturated carbocycles. The topological polar surface area (TPSA) is 12.0 Å². The minimum absolute atomic E-state index is 0.789. The molecule has 0 aromatic heterocycles. The SMILES string of the molecule is C1CCC(C2(C3CCC4CC43)CCNCC2)C1. The van der Waals surface area contributed by atoms with Crippen LogP contribution in [0.25, 0.3) is 0 Å². The molecule has 0 aromatic carbocycles. The van der Waals surface area contributed by atoms with Crippen molar-refractivity contribution in [3.63, 3.8) is 0 Å². The first kappa shape index (κ1) is 10.8. The molecule has 17 heavy (non-hydrogen) atoms. The quantitative estimate of drug-likeness (QED) is 0.768. The van der Waals surface area contributed by atoms with E-state index in [-0.39, 0.29) is 0 Å². The molecule has 0 radical (unpaired) electrons. The number of rotatable bonds is 2. The van der Waals surface area contributed by atoms with Gasteiger partial charge in [0.05, 0.1) is 0 Å². The summed E-state index contributed by atoms with van der Waals surface area (Å²) in [6, 6.07) is 0. The van der Waals surface area contributed by atoms with Gasteiger partial charge in [-0.25, -0.2) is 0 Å². The third-order valence-electron chi connectivity index (χ3n) is 6.78. The molecule has 4 rings (SSSR count). The van der Waals surface area contributed by atoms with Gasteiger partial charge in [0.15, 0.2) is 0 Å². The van der Waals surface area contributed by atoms with Crippen LogP contribution in [0.1, 0.15) is 57.8 Å². The Morgan fingerprint density at radius 2 is 1.65 bits per heavy atom. The third-order valence-corrected chi connectivity index (χ3v) is 6.78. The third kappa shape index (κ3) is 1.61. The Bertz CT molecular complexity index is 286. The molecular formula is C16H27N. The summed E-state index contributed by atoms with van der Waals surface area (Å²) in [5, 5.41) is 3.61. The minimum Gasteiger partial charge on any atom is -0.317 e. The van der Waals surface area contributed by atoms with E-state index < -0.39 is 0 Å². The van der Waals surface area contributed by atoms with Crippen molar-refractivity contribution in [3.8, 4) is 0 Å². The summed E-state index contributed by atoms with van der Waals surface area (Å²) in [5.74, 6) is 4.59. The van der Waals surface area contributed by atoms with Crippen LogP contribution >= 0.6 is 0 Å². The molecule has 3 atom stereocenters. The van der Waals surface area contributed by atoms with Crippen molar-refractivity contribution in [2.24, 2.45) is 29.1 Å². The van der Waals surface area contributed by atoms with E-state index in [4.69, 9.17) is 0 Å². The Morgan fingerprint density at radius 3 is 2.24 bits per heavy atom. The lowest BCUT2D eigenvalue weighted by Gasteiger charge is -2.48. The summed E-state index contributed by atoms with van der Waals surface area (Å²) >= 11 is 0. The zero-order valence-electron chi connectivity index (χ0n) is 11.1. The maximum absolute atomic E-state index is 3.61. The van der Waals surface area contributed by atoms with Crippen LogP contribution in [0.4, 0.5) is 0 Å². The Labute approximate surface area is 106 Å². The van der Waals surface area contributed by atoms with Crippen LogP contribution in [0.3, 0.4) is 0 Å². The van der Waals surface area contributed by atoms with Crippen LogP contribution < -0.4 is 5.32 Å². The number of fused-ring (bicyclic) bond motifs is 1. The first-order valence-corrected chi connectivity index (χ1v) is 8.11. The fourth-order valence-corrected chi connectivity index (χ4v) is 5.89. The van der Waals surface area contributed by atoms with Gasteiger partial charge < -0.3 is 5.32 Å². The summed E-state index contributed by atoms with van der Waals surface area (Å²) in [4.78, 5) is 0. The highest BCUT2D eigenvalue weighted by Crippen LogP contribution is 2.65. The van der Waals surface area contributed by atoms with E-state index in [1.54, 1.807) is 32.1 Å². The van der Waals surface area contributed by atoms with Crippen molar-refractivity contribution < 1.29 is 0 Å². The van der Waals surface area contributed by atoms with Crippen molar-refractivity contribution in [1.29, 1.82) is 0 Å². The van der Waals surface area contributed by atoms with E-state index in [1.807, 2.05) is 0 Å². The fraction of sp³-hybridized carbons (Fsp3) is 1.00. The van der Waals surface area contributed by atoms with Gasteiger partial charge in [0.1, 0.15) is 0 Å². The van der Waals surface area contributed by atoms with Gasteiger partial charge in [0.2, 0.25) is 0 Å². The second-order valence-electron chi connectivity index (χ2n) is 7.31. The van der Waals surface area contributed by atoms with Crippen LogP contribution in [0.5, 0.6) is 0 Å². The molecule has 0 spiro atoms. The largest absolute Gasteiger partial charge is 0.317 e. The molecule has 1 heteroatoms. The van der Waals surface area contributed by atoms with Crippen molar-refractivity contribution in [3.05, 3.63) is 0 Å². The predicted octanol–water partition coefficient (Wildman–Crippen LogP) is 3.59. The van der Waals surface area contributed by atoms with Gasteiger partial charge >= 0.3 is 0 Å². The maximum atomic E-state index is 3.61. The zero-order valence-corrected chi connectivity index (χ0v) is 11.1. The van der Waals surface area contributed by atoms with Crippen LogP contribution in [-0.4, -0.2) is 13.1 Å². The lowest BCUT2D eigenvalue weighted by atomic mass is 9.59. The molecule has 0 aromatic rings. The van der Waals surface area contributed by atoms with Crippen molar-refractivity contribution in [1.82, 2.24) is 5.32 Å². The van der Waals surface area contributed by atoms with E-state index in [0.717, 1.165) is 17.3 Å². The Hall–Kier alpha value is -0.0400. The van der Waals surface area contributed by atoms with Gasteiger partial charge in [-0.15, -0.1) is 0 Å². The Balaban J connectivity index is 1.61. The fourth-order valence-electron chi connectivity index (χ4n) is 5.89. The number of piperidine rings is 1. The molecule has 1 nitrogen and oxygen atoms in total. The summed E-state index contributed by atoms with van der Waals surface area (Å²) in [6.07, 6.45) is 14.0. The molecule has 0 amide bonds. The van der Waals surface area contributed by atoms with E-state index in [9.17, 15) is 0 Å². The summed E-state index contributed by atoms with van der Waals surface area (Å²) in [5.41, 5.74) is 0.789. The molecular weight excluding hydrogens is 206 g/mol. The lowest BCUT2D eigenvalue weighted by molar-refractivity contribution is 0.0245. The highest BCUT2D eigenvalue weighted by atomic mass is 14.9. The number of nitrogens with one attached hydrogen (secondary N) is 1. The van der Waals surface area contributed by atoms with Crippen molar-refractivity contribution in [2.75, 3.05) is 13.1 Å². The van der Waals surface area contributed by atoms with Crippen molar-refractivity contribution >= 4 is 0 Å². The summed E-state index contributed by atoms with van der Waals surface area (Å²) in [6.45, 7) is 2.62. The standard InChI is InChI=1S/C16H27N/c1-2-4-13(3-1)16(7-9-17-10-8-16)15-6-5-12-11-14(12)15/h12-15,17H,1-11H2. The van der Waals surface area contributed by atoms with Gasteiger partial charge in [0, 0.05) is 0 Å². The molecule has 4 fully saturated rings. The van der Waals surface area contributed by atoms with Gasteiger partial charge in [-0.2, -0.15) is 0 Å². The second kappa shape index (κ2) is 3.98. The van der Waals surface area contributed by atoms with Crippen LogP contribution in [-0.2, 0) is 0 Å². The first-order chi connectivity index (χ1) is 8.40. The molecule has 1 N–H and O–H groups in total. The summed E-state index contributed by atoms with van der Waals surface area (Å²) < 4.78 is 0. The molecule has 3 aliphatic carbocycles. The zero-order chi connectivity index (χ0) is 11.3. The second-order valence-corrected chi connectivity index (χ2v) is 7.31. The number of hydrogen-bond acceptors (Lipinski definition) is 1. The van der Waals surface area contributed by atoms with Crippen LogP contribution in [0, 0.1) is 29.1 Å². The van der Waals surface area contributed by atoms with Gasteiger partial charge in [-0.1, -0.05) is 12.8 Å². The molecule has 96 valence electrons. The van der Waals surface area contributed by atoms with Crippen LogP contribution in [0.2, 0.25) is 0 Å². The Kier molecular flexibility index (Phi) is 2.54. The first-order valence-electron chi connectivity index (χ1n) is 8.11. The highest BCUT2D eigenvalue weighted by molar-refractivity contribution is 5.07. The molecule has 4 aliphatic rings. The monoisotopic (exact) mass is 233 g/mol. The van der Waals surface area contributed by atoms with E-state index in [1.165, 1.54) is 50.6 Å². The molecule has 1 saturated heterocycles. The molecule has 3 unspecified atom stereocenters. The minimum atomic E-state index is 0.789. The van der Waals surface area contributed by atoms with E-state index >= 15 is 0 Å². The smallest absolute Gasteiger partial charge is 0.00434 e. The predicted molar refractivity (Wildman–Crippen MR) is 70.8 cm³/mol. The molecule has 1 heterocycles. The van der Waals surface area contributed by atoms with Crippen molar-refractivity contribution in [2.45, 2.75) is 57.8 Å². The van der Waals surface area contributed by atoms with Gasteiger partial charge in [0.25, 0.3) is 0 Å². The molecule has 1 aliphatic heterocycles. The summed E-state index contributed by atoms with van der Waals surface area (Å²) in [7, 11) is 0. The normalized spacial score (nSPS) is 44.8. The van der Waals surface area contributed by atoms with Crippen LogP contribution in [0.15, 0.2) is 0 Å². The van der Waals surface area contributed by atoms with E-state index in [0.29, 0.717) is 0 Å².